The molecule has 0 aromatic heterocycles. The van der Waals surface area contributed by atoms with Crippen molar-refractivity contribution in [3.63, 3.8) is 0 Å². The topological polar surface area (TPSA) is 26.3 Å². The second-order valence-electron chi connectivity index (χ2n) is 6.46. The predicted molar refractivity (Wildman–Crippen MR) is 82.5 cm³/mol. The molecule has 0 aliphatic carbocycles. The molecule has 120 valence electrons. The highest BCUT2D eigenvalue weighted by molar-refractivity contribution is 5.78. The van der Waals surface area contributed by atoms with Gasteiger partial charge in [-0.3, -0.25) is 4.79 Å². The van der Waals surface area contributed by atoms with Crippen molar-refractivity contribution in [1.82, 2.24) is 0 Å². The van der Waals surface area contributed by atoms with E-state index in [1.165, 1.54) is 0 Å². The Morgan fingerprint density at radius 2 is 1.76 bits per heavy atom. The maximum absolute atomic E-state index is 12.4. The normalized spacial score (nSPS) is 14.0. The first-order chi connectivity index (χ1) is 9.35. The molecule has 4 heteroatoms. The lowest BCUT2D eigenvalue weighted by atomic mass is 9.86. The number of esters is 1. The molecule has 1 aromatic rings. The van der Waals surface area contributed by atoms with E-state index in [1.807, 2.05) is 30.3 Å². The summed E-state index contributed by atoms with van der Waals surface area (Å²) in [5.74, 6) is 0.0293. The van der Waals surface area contributed by atoms with Gasteiger partial charge < -0.3 is 26.2 Å². The molecular formula is C17H28BrNO2. The zero-order valence-electron chi connectivity index (χ0n) is 13.8. The van der Waals surface area contributed by atoms with E-state index >= 15 is 0 Å². The van der Waals surface area contributed by atoms with Crippen LogP contribution in [0.15, 0.2) is 30.3 Å². The molecule has 21 heavy (non-hydrogen) atoms. The molecule has 0 saturated carbocycles. The molecule has 0 aliphatic heterocycles. The zero-order chi connectivity index (χ0) is 15.2. The van der Waals surface area contributed by atoms with Crippen LogP contribution in [-0.4, -0.2) is 44.7 Å². The number of hydrogen-bond acceptors (Lipinski definition) is 2. The number of likely N-dealkylation sites (N-methyl/N-ethyl adjacent to an activating group) is 1. The Kier molecular flexibility index (Phi) is 8.83. The summed E-state index contributed by atoms with van der Waals surface area (Å²) >= 11 is 0. The lowest BCUT2D eigenvalue weighted by molar-refractivity contribution is -0.870. The van der Waals surface area contributed by atoms with E-state index in [-0.39, 0.29) is 34.8 Å². The Hall–Kier alpha value is -0.870. The van der Waals surface area contributed by atoms with Gasteiger partial charge >= 0.3 is 5.97 Å². The van der Waals surface area contributed by atoms with Crippen molar-refractivity contribution in [2.45, 2.75) is 26.2 Å². The molecule has 0 fully saturated rings. The predicted octanol–water partition coefficient (Wildman–Crippen LogP) is 0.0697. The van der Waals surface area contributed by atoms with Gasteiger partial charge in [0.15, 0.2) is 0 Å². The summed E-state index contributed by atoms with van der Waals surface area (Å²) in [5, 5.41) is 0. The van der Waals surface area contributed by atoms with Crippen LogP contribution in [0.2, 0.25) is 0 Å². The van der Waals surface area contributed by atoms with Gasteiger partial charge in [-0.2, -0.15) is 0 Å². The quantitative estimate of drug-likeness (QED) is 0.510. The van der Waals surface area contributed by atoms with Crippen molar-refractivity contribution >= 4 is 5.97 Å². The van der Waals surface area contributed by atoms with Gasteiger partial charge in [-0.15, -0.1) is 0 Å². The number of nitrogens with zero attached hydrogens (tertiary/aromatic N) is 1. The van der Waals surface area contributed by atoms with Gasteiger partial charge in [0.05, 0.1) is 27.1 Å². The second-order valence-corrected chi connectivity index (χ2v) is 6.46. The maximum atomic E-state index is 12.4. The lowest BCUT2D eigenvalue weighted by Crippen LogP contribution is -3.00. The Morgan fingerprint density at radius 1 is 1.19 bits per heavy atom. The minimum atomic E-state index is -0.159. The summed E-state index contributed by atoms with van der Waals surface area (Å²) in [6.07, 6.45) is 0.962. The molecule has 0 spiro atoms. The Morgan fingerprint density at radius 3 is 2.24 bits per heavy atom. The van der Waals surface area contributed by atoms with Crippen LogP contribution >= 0.6 is 0 Å². The fourth-order valence-electron chi connectivity index (χ4n) is 2.10. The second kappa shape index (κ2) is 9.21. The van der Waals surface area contributed by atoms with Crippen LogP contribution in [-0.2, 0) is 9.53 Å². The molecule has 2 unspecified atom stereocenters. The fraction of sp³-hybridized carbons (Fsp3) is 0.588. The van der Waals surface area contributed by atoms with Crippen LogP contribution in [0, 0.1) is 5.92 Å². The zero-order valence-corrected chi connectivity index (χ0v) is 15.4. The van der Waals surface area contributed by atoms with Gasteiger partial charge in [-0.25, -0.2) is 0 Å². The molecule has 0 saturated heterocycles. The van der Waals surface area contributed by atoms with Gasteiger partial charge in [0.25, 0.3) is 0 Å². The van der Waals surface area contributed by atoms with Crippen LogP contribution < -0.4 is 17.0 Å². The first-order valence-electron chi connectivity index (χ1n) is 7.37. The van der Waals surface area contributed by atoms with E-state index in [4.69, 9.17) is 4.74 Å². The molecule has 0 bridgehead atoms. The van der Waals surface area contributed by atoms with Gasteiger partial charge in [0.2, 0.25) is 0 Å². The van der Waals surface area contributed by atoms with Crippen molar-refractivity contribution in [3.8, 4) is 0 Å². The van der Waals surface area contributed by atoms with Crippen LogP contribution in [0.25, 0.3) is 0 Å². The first kappa shape index (κ1) is 20.1. The third-order valence-electron chi connectivity index (χ3n) is 3.63. The maximum Gasteiger partial charge on any atom is 0.313 e. The monoisotopic (exact) mass is 357 g/mol. The van der Waals surface area contributed by atoms with E-state index in [1.54, 1.807) is 0 Å². The number of benzene rings is 1. The number of quaternary nitrogens is 1. The summed E-state index contributed by atoms with van der Waals surface area (Å²) < 4.78 is 6.30. The average Bonchev–Trinajstić information content (AvgIpc) is 2.38. The van der Waals surface area contributed by atoms with E-state index < -0.39 is 0 Å². The van der Waals surface area contributed by atoms with Crippen molar-refractivity contribution in [2.24, 2.45) is 5.92 Å². The molecule has 3 nitrogen and oxygen atoms in total. The molecule has 0 aliphatic rings. The Bertz CT molecular complexity index is 415. The summed E-state index contributed by atoms with van der Waals surface area (Å²) in [7, 11) is 6.28. The minimum absolute atomic E-state index is 0. The van der Waals surface area contributed by atoms with Crippen LogP contribution in [0.4, 0.5) is 0 Å². The van der Waals surface area contributed by atoms with Crippen LogP contribution in [0.1, 0.15) is 31.7 Å². The van der Waals surface area contributed by atoms with Crippen molar-refractivity contribution in [3.05, 3.63) is 35.9 Å². The number of halogens is 1. The average molecular weight is 358 g/mol. The summed E-state index contributed by atoms with van der Waals surface area (Å²) in [5.41, 5.74) is 1.05. The largest absolute Gasteiger partial charge is 1.00 e. The highest BCUT2D eigenvalue weighted by atomic mass is 79.9. The highest BCUT2D eigenvalue weighted by Gasteiger charge is 2.27. The van der Waals surface area contributed by atoms with Crippen molar-refractivity contribution in [1.29, 1.82) is 0 Å². The summed E-state index contributed by atoms with van der Waals surface area (Å²) in [6.45, 7) is 5.52. The lowest BCUT2D eigenvalue weighted by Gasteiger charge is -2.25. The molecule has 0 amide bonds. The van der Waals surface area contributed by atoms with Gasteiger partial charge in [0, 0.05) is 0 Å². The highest BCUT2D eigenvalue weighted by Crippen LogP contribution is 2.28. The number of rotatable bonds is 7. The molecule has 1 aromatic carbocycles. The fourth-order valence-corrected chi connectivity index (χ4v) is 2.10. The number of carbonyl (C=O) groups excluding carboxylic acids is 1. The molecule has 0 N–H and O–H groups in total. The number of ether oxygens (including phenoxy) is 1. The first-order valence-corrected chi connectivity index (χ1v) is 7.37. The Labute approximate surface area is 139 Å². The summed E-state index contributed by atoms with van der Waals surface area (Å²) in [6, 6.07) is 9.95. The SMILES string of the molecule is CCC(C)C(C(=O)OCC[N+](C)(C)C)c1ccccc1.[Br-]. The van der Waals surface area contributed by atoms with Gasteiger partial charge in [-0.05, 0) is 11.5 Å². The smallest absolute Gasteiger partial charge is 0.313 e. The molecule has 0 radical (unpaired) electrons. The molecule has 2 atom stereocenters. The van der Waals surface area contributed by atoms with Crippen molar-refractivity contribution in [2.75, 3.05) is 34.3 Å². The molecular weight excluding hydrogens is 330 g/mol. The third-order valence-corrected chi connectivity index (χ3v) is 3.63. The number of hydrogen-bond donors (Lipinski definition) is 0. The van der Waals surface area contributed by atoms with E-state index in [2.05, 4.69) is 35.0 Å². The van der Waals surface area contributed by atoms with E-state index in [0.717, 1.165) is 23.0 Å². The van der Waals surface area contributed by atoms with Gasteiger partial charge in [0.1, 0.15) is 13.2 Å². The van der Waals surface area contributed by atoms with Gasteiger partial charge in [-0.1, -0.05) is 50.6 Å². The standard InChI is InChI=1S/C17H28NO2.BrH/c1-6-14(2)16(15-10-8-7-9-11-15)17(19)20-13-12-18(3,4)5;/h7-11,14,16H,6,12-13H2,1-5H3;1H/q+1;/p-1. The number of carbonyl (C=O) groups is 1. The molecule has 1 rings (SSSR count). The Balaban J connectivity index is 0.00000400. The third kappa shape index (κ3) is 7.09. The molecule has 0 heterocycles. The van der Waals surface area contributed by atoms with Crippen LogP contribution in [0.3, 0.4) is 0 Å². The van der Waals surface area contributed by atoms with Crippen molar-refractivity contribution < 1.29 is 31.0 Å². The van der Waals surface area contributed by atoms with E-state index in [9.17, 15) is 4.79 Å². The van der Waals surface area contributed by atoms with Crippen LogP contribution in [0.5, 0.6) is 0 Å². The van der Waals surface area contributed by atoms with E-state index in [0.29, 0.717) is 6.61 Å². The minimum Gasteiger partial charge on any atom is -1.00 e. The summed E-state index contributed by atoms with van der Waals surface area (Å²) in [4.78, 5) is 12.4.